The van der Waals surface area contributed by atoms with Gasteiger partial charge in [0.15, 0.2) is 0 Å². The third kappa shape index (κ3) is 2.81. The number of nitrogens with two attached hydrogens (primary N) is 1. The van der Waals surface area contributed by atoms with E-state index in [1.807, 2.05) is 0 Å². The third-order valence-corrected chi connectivity index (χ3v) is 4.35. The van der Waals surface area contributed by atoms with Crippen LogP contribution < -0.4 is 5.73 Å². The summed E-state index contributed by atoms with van der Waals surface area (Å²) in [6.45, 7) is 0.809. The van der Waals surface area contributed by atoms with Crippen LogP contribution in [0, 0.1) is 17.8 Å². The SMILES string of the molecule is NCC1CCC(C(=O)CC2CCC2)CC1. The van der Waals surface area contributed by atoms with Gasteiger partial charge in [0.2, 0.25) is 0 Å². The lowest BCUT2D eigenvalue weighted by atomic mass is 9.75. The lowest BCUT2D eigenvalue weighted by molar-refractivity contribution is -0.125. The molecule has 0 saturated heterocycles. The summed E-state index contributed by atoms with van der Waals surface area (Å²) in [6.07, 6.45) is 9.37. The number of carbonyl (C=O) groups is 1. The average molecular weight is 209 g/mol. The van der Waals surface area contributed by atoms with Gasteiger partial charge in [-0.05, 0) is 44.1 Å². The monoisotopic (exact) mass is 209 g/mol. The molecule has 0 amide bonds. The molecule has 2 N–H and O–H groups in total. The number of ketones is 1. The minimum Gasteiger partial charge on any atom is -0.330 e. The molecule has 0 atom stereocenters. The smallest absolute Gasteiger partial charge is 0.136 e. The Bertz CT molecular complexity index is 215. The normalized spacial score (nSPS) is 32.3. The maximum atomic E-state index is 12.0. The van der Waals surface area contributed by atoms with Gasteiger partial charge in [0, 0.05) is 12.3 Å². The first-order valence-electron chi connectivity index (χ1n) is 6.52. The quantitative estimate of drug-likeness (QED) is 0.773. The van der Waals surface area contributed by atoms with Crippen LogP contribution >= 0.6 is 0 Å². The van der Waals surface area contributed by atoms with Crippen molar-refractivity contribution in [3.05, 3.63) is 0 Å². The van der Waals surface area contributed by atoms with E-state index in [-0.39, 0.29) is 0 Å². The molecule has 86 valence electrons. The lowest BCUT2D eigenvalue weighted by Crippen LogP contribution is -2.27. The van der Waals surface area contributed by atoms with Crippen molar-refractivity contribution >= 4 is 5.78 Å². The summed E-state index contributed by atoms with van der Waals surface area (Å²) >= 11 is 0. The first kappa shape index (κ1) is 11.1. The predicted molar refractivity (Wildman–Crippen MR) is 61.5 cm³/mol. The van der Waals surface area contributed by atoms with Crippen LogP contribution in [0.4, 0.5) is 0 Å². The minimum atomic E-state index is 0.383. The first-order chi connectivity index (χ1) is 7.29. The molecule has 0 aromatic heterocycles. The summed E-state index contributed by atoms with van der Waals surface area (Å²) in [6, 6.07) is 0. The van der Waals surface area contributed by atoms with Crippen molar-refractivity contribution in [3.63, 3.8) is 0 Å². The van der Waals surface area contributed by atoms with Crippen molar-refractivity contribution in [2.45, 2.75) is 51.4 Å². The zero-order valence-corrected chi connectivity index (χ0v) is 9.58. The second-order valence-corrected chi connectivity index (χ2v) is 5.42. The lowest BCUT2D eigenvalue weighted by Gasteiger charge is -2.30. The third-order valence-electron chi connectivity index (χ3n) is 4.35. The Labute approximate surface area is 92.6 Å². The van der Waals surface area contributed by atoms with Crippen LogP contribution in [0.5, 0.6) is 0 Å². The Morgan fingerprint density at radius 2 is 1.67 bits per heavy atom. The Kier molecular flexibility index (Phi) is 3.79. The molecule has 0 aliphatic heterocycles. The molecule has 15 heavy (non-hydrogen) atoms. The number of rotatable bonds is 4. The van der Waals surface area contributed by atoms with Gasteiger partial charge in [-0.25, -0.2) is 0 Å². The summed E-state index contributed by atoms with van der Waals surface area (Å²) in [7, 11) is 0. The minimum absolute atomic E-state index is 0.383. The van der Waals surface area contributed by atoms with Gasteiger partial charge in [-0.3, -0.25) is 4.79 Å². The van der Waals surface area contributed by atoms with Gasteiger partial charge in [0.1, 0.15) is 5.78 Å². The highest BCUT2D eigenvalue weighted by Crippen LogP contribution is 2.34. The van der Waals surface area contributed by atoms with E-state index in [9.17, 15) is 4.79 Å². The summed E-state index contributed by atoms with van der Waals surface area (Å²) in [4.78, 5) is 12.0. The molecule has 2 aliphatic carbocycles. The fourth-order valence-electron chi connectivity index (χ4n) is 2.87. The Hall–Kier alpha value is -0.370. The maximum absolute atomic E-state index is 12.0. The fraction of sp³-hybridized carbons (Fsp3) is 0.923. The zero-order chi connectivity index (χ0) is 10.7. The molecule has 0 aromatic rings. The van der Waals surface area contributed by atoms with Crippen molar-refractivity contribution in [2.75, 3.05) is 6.54 Å². The molecule has 0 spiro atoms. The second-order valence-electron chi connectivity index (χ2n) is 5.42. The van der Waals surface area contributed by atoms with Gasteiger partial charge < -0.3 is 5.73 Å². The molecule has 2 rings (SSSR count). The summed E-state index contributed by atoms with van der Waals surface area (Å²) in [5, 5.41) is 0. The highest BCUT2D eigenvalue weighted by atomic mass is 16.1. The van der Waals surface area contributed by atoms with Crippen molar-refractivity contribution in [3.8, 4) is 0 Å². The Morgan fingerprint density at radius 1 is 1.00 bits per heavy atom. The van der Waals surface area contributed by atoms with Gasteiger partial charge in [-0.15, -0.1) is 0 Å². The van der Waals surface area contributed by atoms with Crippen LogP contribution in [0.3, 0.4) is 0 Å². The molecule has 0 heterocycles. The van der Waals surface area contributed by atoms with E-state index < -0.39 is 0 Å². The van der Waals surface area contributed by atoms with Gasteiger partial charge in [-0.1, -0.05) is 19.3 Å². The topological polar surface area (TPSA) is 43.1 Å². The highest BCUT2D eigenvalue weighted by molar-refractivity contribution is 5.81. The number of hydrogen-bond donors (Lipinski definition) is 1. The van der Waals surface area contributed by atoms with Crippen LogP contribution in [-0.4, -0.2) is 12.3 Å². The van der Waals surface area contributed by atoms with Gasteiger partial charge in [0.05, 0.1) is 0 Å². The van der Waals surface area contributed by atoms with Crippen molar-refractivity contribution < 1.29 is 4.79 Å². The molecule has 2 nitrogen and oxygen atoms in total. The first-order valence-corrected chi connectivity index (χ1v) is 6.52. The van der Waals surface area contributed by atoms with E-state index in [0.717, 1.165) is 31.7 Å². The Morgan fingerprint density at radius 3 is 2.13 bits per heavy atom. The molecular weight excluding hydrogens is 186 g/mol. The largest absolute Gasteiger partial charge is 0.330 e. The molecular formula is C13H23NO. The van der Waals surface area contributed by atoms with E-state index in [1.54, 1.807) is 0 Å². The van der Waals surface area contributed by atoms with Crippen molar-refractivity contribution in [2.24, 2.45) is 23.5 Å². The summed E-state index contributed by atoms with van der Waals surface area (Å²) < 4.78 is 0. The highest BCUT2D eigenvalue weighted by Gasteiger charge is 2.28. The van der Waals surface area contributed by atoms with Crippen LogP contribution in [0.2, 0.25) is 0 Å². The van der Waals surface area contributed by atoms with Crippen LogP contribution in [0.25, 0.3) is 0 Å². The molecule has 2 heteroatoms. The second kappa shape index (κ2) is 5.11. The van der Waals surface area contributed by atoms with E-state index in [4.69, 9.17) is 5.73 Å². The van der Waals surface area contributed by atoms with E-state index in [2.05, 4.69) is 0 Å². The predicted octanol–water partition coefficient (Wildman–Crippen LogP) is 2.51. The van der Waals surface area contributed by atoms with Crippen LogP contribution in [0.15, 0.2) is 0 Å². The summed E-state index contributed by atoms with van der Waals surface area (Å²) in [5.41, 5.74) is 5.65. The number of Topliss-reactive ketones (excluding diaryl/α,β-unsaturated/α-hetero) is 1. The van der Waals surface area contributed by atoms with Gasteiger partial charge >= 0.3 is 0 Å². The average Bonchev–Trinajstić information content (AvgIpc) is 2.23. The molecule has 2 fully saturated rings. The van der Waals surface area contributed by atoms with Crippen LogP contribution in [0.1, 0.15) is 51.4 Å². The number of carbonyl (C=O) groups excluding carboxylic acids is 1. The maximum Gasteiger partial charge on any atom is 0.136 e. The standard InChI is InChI=1S/C13H23NO/c14-9-11-4-6-12(7-5-11)13(15)8-10-2-1-3-10/h10-12H,1-9,14H2. The van der Waals surface area contributed by atoms with Crippen molar-refractivity contribution in [1.82, 2.24) is 0 Å². The molecule has 0 bridgehead atoms. The van der Waals surface area contributed by atoms with Gasteiger partial charge in [0.25, 0.3) is 0 Å². The molecule has 0 aromatic carbocycles. The molecule has 0 radical (unpaired) electrons. The Balaban J connectivity index is 1.71. The molecule has 2 saturated carbocycles. The fourth-order valence-corrected chi connectivity index (χ4v) is 2.87. The summed E-state index contributed by atoms with van der Waals surface area (Å²) in [5.74, 6) is 2.37. The van der Waals surface area contributed by atoms with Crippen molar-refractivity contribution in [1.29, 1.82) is 0 Å². The van der Waals surface area contributed by atoms with E-state index >= 15 is 0 Å². The van der Waals surface area contributed by atoms with E-state index in [0.29, 0.717) is 17.6 Å². The zero-order valence-electron chi connectivity index (χ0n) is 9.58. The number of hydrogen-bond acceptors (Lipinski definition) is 2. The van der Waals surface area contributed by atoms with E-state index in [1.165, 1.54) is 32.1 Å². The van der Waals surface area contributed by atoms with Gasteiger partial charge in [-0.2, -0.15) is 0 Å². The molecule has 2 aliphatic rings. The van der Waals surface area contributed by atoms with Crippen LogP contribution in [-0.2, 0) is 4.79 Å². The molecule has 0 unspecified atom stereocenters.